The highest BCUT2D eigenvalue weighted by molar-refractivity contribution is 6.04. The summed E-state index contributed by atoms with van der Waals surface area (Å²) >= 11 is 0. The van der Waals surface area contributed by atoms with E-state index in [1.165, 1.54) is 0 Å². The van der Waals surface area contributed by atoms with Crippen LogP contribution in [0.5, 0.6) is 0 Å². The molecule has 2 aromatic heterocycles. The van der Waals surface area contributed by atoms with Crippen LogP contribution in [0.1, 0.15) is 6.92 Å². The second-order valence-corrected chi connectivity index (χ2v) is 4.54. The summed E-state index contributed by atoms with van der Waals surface area (Å²) in [6, 6.07) is 9.17. The third kappa shape index (κ3) is 2.84. The lowest BCUT2D eigenvalue weighted by molar-refractivity contribution is 0.262. The molecule has 3 aromatic rings. The van der Waals surface area contributed by atoms with E-state index < -0.39 is 0 Å². The molecule has 2 amide bonds. The Balaban J connectivity index is 1.77. The van der Waals surface area contributed by atoms with Gasteiger partial charge in [0.1, 0.15) is 0 Å². The van der Waals surface area contributed by atoms with Crippen molar-refractivity contribution in [2.45, 2.75) is 13.5 Å². The molecule has 0 radical (unpaired) electrons. The number of rotatable bonds is 3. The Bertz CT molecular complexity index is 775. The fourth-order valence-electron chi connectivity index (χ4n) is 2.09. The third-order valence-corrected chi connectivity index (χ3v) is 3.10. The van der Waals surface area contributed by atoms with Crippen LogP contribution in [0.15, 0.2) is 48.9 Å². The number of para-hydroxylation sites is 1. The van der Waals surface area contributed by atoms with Crippen molar-refractivity contribution in [3.63, 3.8) is 0 Å². The minimum Gasteiger partial charge on any atom is -0.306 e. The number of carbonyl (C=O) groups is 1. The summed E-state index contributed by atoms with van der Waals surface area (Å²) < 4.78 is 1.75. The van der Waals surface area contributed by atoms with Gasteiger partial charge < -0.3 is 10.6 Å². The van der Waals surface area contributed by atoms with Gasteiger partial charge in [0, 0.05) is 24.3 Å². The van der Waals surface area contributed by atoms with Gasteiger partial charge in [-0.05, 0) is 19.1 Å². The molecule has 0 saturated heterocycles. The number of anilines is 2. The smallest absolute Gasteiger partial charge is 0.306 e. The van der Waals surface area contributed by atoms with E-state index in [-0.39, 0.29) is 6.03 Å². The minimum atomic E-state index is -0.316. The van der Waals surface area contributed by atoms with Crippen molar-refractivity contribution in [3.05, 3.63) is 48.9 Å². The highest BCUT2D eigenvalue weighted by atomic mass is 16.2. The SMILES string of the molecule is CCn1cc(NC(=O)Nc2cccc3cccnc23)cn1. The van der Waals surface area contributed by atoms with Crippen molar-refractivity contribution in [1.29, 1.82) is 0 Å². The van der Waals surface area contributed by atoms with Gasteiger partial charge in [-0.25, -0.2) is 4.79 Å². The summed E-state index contributed by atoms with van der Waals surface area (Å²) in [5, 5.41) is 10.6. The zero-order chi connectivity index (χ0) is 14.7. The monoisotopic (exact) mass is 281 g/mol. The molecule has 2 N–H and O–H groups in total. The van der Waals surface area contributed by atoms with Crippen molar-refractivity contribution in [3.8, 4) is 0 Å². The highest BCUT2D eigenvalue weighted by Gasteiger charge is 2.07. The van der Waals surface area contributed by atoms with Gasteiger partial charge in [0.25, 0.3) is 0 Å². The molecule has 1 aromatic carbocycles. The summed E-state index contributed by atoms with van der Waals surface area (Å²) in [6.07, 6.45) is 5.10. The first-order valence-corrected chi connectivity index (χ1v) is 6.70. The van der Waals surface area contributed by atoms with Crippen molar-refractivity contribution >= 4 is 28.3 Å². The number of nitrogens with zero attached hydrogens (tertiary/aromatic N) is 3. The van der Waals surface area contributed by atoms with Crippen molar-refractivity contribution in [2.75, 3.05) is 10.6 Å². The third-order valence-electron chi connectivity index (χ3n) is 3.10. The largest absolute Gasteiger partial charge is 0.323 e. The fourth-order valence-corrected chi connectivity index (χ4v) is 2.09. The number of benzene rings is 1. The zero-order valence-electron chi connectivity index (χ0n) is 11.6. The minimum absolute atomic E-state index is 0.316. The van der Waals surface area contributed by atoms with Gasteiger partial charge in [-0.3, -0.25) is 9.67 Å². The number of hydrogen-bond donors (Lipinski definition) is 2. The van der Waals surface area contributed by atoms with Gasteiger partial charge >= 0.3 is 6.03 Å². The summed E-state index contributed by atoms with van der Waals surface area (Å²) in [5.41, 5.74) is 2.09. The molecule has 3 rings (SSSR count). The van der Waals surface area contributed by atoms with Crippen molar-refractivity contribution in [1.82, 2.24) is 14.8 Å². The Morgan fingerprint density at radius 3 is 2.90 bits per heavy atom. The lowest BCUT2D eigenvalue weighted by Crippen LogP contribution is -2.19. The van der Waals surface area contributed by atoms with Crippen LogP contribution in [-0.2, 0) is 6.54 Å². The first-order chi connectivity index (χ1) is 10.3. The lowest BCUT2D eigenvalue weighted by Gasteiger charge is -2.08. The van der Waals surface area contributed by atoms with Gasteiger partial charge in [0.2, 0.25) is 0 Å². The van der Waals surface area contributed by atoms with E-state index in [0.29, 0.717) is 11.4 Å². The predicted molar refractivity (Wildman–Crippen MR) is 82.3 cm³/mol. The first kappa shape index (κ1) is 13.1. The van der Waals surface area contributed by atoms with Crippen LogP contribution in [-0.4, -0.2) is 20.8 Å². The molecule has 0 spiro atoms. The predicted octanol–water partition coefficient (Wildman–Crippen LogP) is 3.10. The summed E-state index contributed by atoms with van der Waals surface area (Å²) in [6.45, 7) is 2.75. The average Bonchev–Trinajstić information content (AvgIpc) is 2.95. The zero-order valence-corrected chi connectivity index (χ0v) is 11.6. The number of pyridine rings is 1. The Labute approximate surface area is 121 Å². The molecule has 0 aliphatic heterocycles. The second kappa shape index (κ2) is 5.62. The Morgan fingerprint density at radius 1 is 1.24 bits per heavy atom. The van der Waals surface area contributed by atoms with Crippen LogP contribution >= 0.6 is 0 Å². The van der Waals surface area contributed by atoms with Crippen LogP contribution in [0.2, 0.25) is 0 Å². The number of carbonyl (C=O) groups excluding carboxylic acids is 1. The van der Waals surface area contributed by atoms with E-state index in [9.17, 15) is 4.79 Å². The van der Waals surface area contributed by atoms with Crippen LogP contribution in [0.3, 0.4) is 0 Å². The number of aromatic nitrogens is 3. The van der Waals surface area contributed by atoms with E-state index in [1.54, 1.807) is 23.3 Å². The van der Waals surface area contributed by atoms with Crippen molar-refractivity contribution in [2.24, 2.45) is 0 Å². The van der Waals surface area contributed by atoms with Gasteiger partial charge in [-0.1, -0.05) is 18.2 Å². The number of hydrogen-bond acceptors (Lipinski definition) is 3. The highest BCUT2D eigenvalue weighted by Crippen LogP contribution is 2.20. The van der Waals surface area contributed by atoms with Gasteiger partial charge in [0.05, 0.1) is 23.1 Å². The number of nitrogens with one attached hydrogen (secondary N) is 2. The number of fused-ring (bicyclic) bond motifs is 1. The molecular formula is C15H15N5O. The molecule has 0 saturated carbocycles. The topological polar surface area (TPSA) is 71.8 Å². The fraction of sp³-hybridized carbons (Fsp3) is 0.133. The molecule has 6 nitrogen and oxygen atoms in total. The van der Waals surface area contributed by atoms with Gasteiger partial charge in [0.15, 0.2) is 0 Å². The molecule has 0 fully saturated rings. The van der Waals surface area contributed by atoms with E-state index >= 15 is 0 Å². The molecule has 0 aliphatic rings. The van der Waals surface area contributed by atoms with Crippen LogP contribution < -0.4 is 10.6 Å². The van der Waals surface area contributed by atoms with Crippen LogP contribution in [0, 0.1) is 0 Å². The van der Waals surface area contributed by atoms with Gasteiger partial charge in [-0.15, -0.1) is 0 Å². The first-order valence-electron chi connectivity index (χ1n) is 6.70. The second-order valence-electron chi connectivity index (χ2n) is 4.54. The molecule has 0 unspecified atom stereocenters. The molecule has 0 bridgehead atoms. The van der Waals surface area contributed by atoms with E-state index in [2.05, 4.69) is 20.7 Å². The number of amides is 2. The molecule has 21 heavy (non-hydrogen) atoms. The summed E-state index contributed by atoms with van der Waals surface area (Å²) in [4.78, 5) is 16.3. The lowest BCUT2D eigenvalue weighted by atomic mass is 10.2. The molecule has 6 heteroatoms. The quantitative estimate of drug-likeness (QED) is 0.775. The number of aryl methyl sites for hydroxylation is 1. The normalized spacial score (nSPS) is 10.5. The van der Waals surface area contributed by atoms with Crippen molar-refractivity contribution < 1.29 is 4.79 Å². The maximum Gasteiger partial charge on any atom is 0.323 e. The summed E-state index contributed by atoms with van der Waals surface area (Å²) in [7, 11) is 0. The molecule has 2 heterocycles. The Morgan fingerprint density at radius 2 is 2.10 bits per heavy atom. The molecular weight excluding hydrogens is 266 g/mol. The van der Waals surface area contributed by atoms with Crippen LogP contribution in [0.4, 0.5) is 16.2 Å². The Hall–Kier alpha value is -2.89. The maximum atomic E-state index is 12.0. The Kier molecular flexibility index (Phi) is 3.51. The molecule has 0 atom stereocenters. The molecule has 106 valence electrons. The standard InChI is InChI=1S/C15H15N5O/c1-2-20-10-12(9-17-20)18-15(21)19-13-7-3-5-11-6-4-8-16-14(11)13/h3-10H,2H2,1H3,(H2,18,19,21). The van der Waals surface area contributed by atoms with E-state index in [0.717, 1.165) is 17.4 Å². The van der Waals surface area contributed by atoms with Crippen LogP contribution in [0.25, 0.3) is 10.9 Å². The summed E-state index contributed by atoms with van der Waals surface area (Å²) in [5.74, 6) is 0. The average molecular weight is 281 g/mol. The molecule has 0 aliphatic carbocycles. The van der Waals surface area contributed by atoms with E-state index in [4.69, 9.17) is 0 Å². The van der Waals surface area contributed by atoms with E-state index in [1.807, 2.05) is 37.3 Å². The van der Waals surface area contributed by atoms with Gasteiger partial charge in [-0.2, -0.15) is 5.10 Å². The number of urea groups is 1. The maximum absolute atomic E-state index is 12.0.